The molecule has 1 aromatic carbocycles. The summed E-state index contributed by atoms with van der Waals surface area (Å²) in [6, 6.07) is 5.86. The number of piperidine rings is 1. The molecule has 2 aliphatic heterocycles. The second-order valence-electron chi connectivity index (χ2n) is 6.56. The number of nitrogens with one attached hydrogen (secondary N) is 2. The van der Waals surface area contributed by atoms with Gasteiger partial charge in [0, 0.05) is 37.9 Å². The van der Waals surface area contributed by atoms with Gasteiger partial charge in [-0.25, -0.2) is 13.2 Å². The first-order chi connectivity index (χ1) is 12.9. The Hall–Kier alpha value is -2.17. The minimum Gasteiger partial charge on any atom is -0.453 e. The number of nitrogens with zero attached hydrogens (tertiary/aromatic N) is 2. The van der Waals surface area contributed by atoms with Gasteiger partial charge in [0.1, 0.15) is 0 Å². The first-order valence-electron chi connectivity index (χ1n) is 8.87. The molecule has 27 heavy (non-hydrogen) atoms. The Morgan fingerprint density at radius 3 is 2.67 bits per heavy atom. The summed E-state index contributed by atoms with van der Waals surface area (Å²) in [6.45, 7) is 2.37. The van der Waals surface area contributed by atoms with Crippen molar-refractivity contribution in [2.75, 3.05) is 45.2 Å². The van der Waals surface area contributed by atoms with Gasteiger partial charge in [-0.1, -0.05) is 0 Å². The van der Waals surface area contributed by atoms with Crippen LogP contribution in [0.4, 0.5) is 10.5 Å². The summed E-state index contributed by atoms with van der Waals surface area (Å²) in [6.07, 6.45) is 0.896. The third-order valence-corrected chi connectivity index (χ3v) is 6.73. The van der Waals surface area contributed by atoms with Crippen molar-refractivity contribution in [2.45, 2.75) is 23.8 Å². The standard InChI is InChI=1S/C17H24N4O5S/c1-26-17(23)19-13-4-6-15(7-5-13)27(24,25)20-9-2-3-14(12-20)21-10-8-18-11-16(21)22/h4-7,14,18H,2-3,8-12H2,1H3,(H,19,23). The Bertz CT molecular complexity index is 796. The Morgan fingerprint density at radius 2 is 2.00 bits per heavy atom. The predicted octanol–water partition coefficient (Wildman–Crippen LogP) is 0.450. The summed E-state index contributed by atoms with van der Waals surface area (Å²) in [5.41, 5.74) is 0.448. The normalized spacial score (nSPS) is 21.7. The van der Waals surface area contributed by atoms with E-state index < -0.39 is 16.1 Å². The lowest BCUT2D eigenvalue weighted by atomic mass is 10.1. The van der Waals surface area contributed by atoms with Crippen LogP contribution in [-0.2, 0) is 19.6 Å². The molecule has 0 saturated carbocycles. The Morgan fingerprint density at radius 1 is 1.26 bits per heavy atom. The van der Waals surface area contributed by atoms with Crippen LogP contribution in [-0.4, -0.2) is 75.5 Å². The van der Waals surface area contributed by atoms with Crippen molar-refractivity contribution < 1.29 is 22.7 Å². The van der Waals surface area contributed by atoms with E-state index >= 15 is 0 Å². The summed E-state index contributed by atoms with van der Waals surface area (Å²) in [4.78, 5) is 25.3. The number of carbonyl (C=O) groups is 2. The number of hydrogen-bond acceptors (Lipinski definition) is 6. The Kier molecular flexibility index (Phi) is 5.98. The number of hydrogen-bond donors (Lipinski definition) is 2. The van der Waals surface area contributed by atoms with Gasteiger partial charge in [0.2, 0.25) is 15.9 Å². The van der Waals surface area contributed by atoms with Crippen molar-refractivity contribution in [1.82, 2.24) is 14.5 Å². The Labute approximate surface area is 158 Å². The molecule has 2 N–H and O–H groups in total. The second-order valence-corrected chi connectivity index (χ2v) is 8.50. The van der Waals surface area contributed by atoms with Crippen molar-refractivity contribution >= 4 is 27.7 Å². The largest absolute Gasteiger partial charge is 0.453 e. The van der Waals surface area contributed by atoms with E-state index in [-0.39, 0.29) is 16.8 Å². The smallest absolute Gasteiger partial charge is 0.411 e. The molecular weight excluding hydrogens is 372 g/mol. The maximum Gasteiger partial charge on any atom is 0.411 e. The van der Waals surface area contributed by atoms with E-state index in [1.807, 2.05) is 0 Å². The summed E-state index contributed by atoms with van der Waals surface area (Å²) >= 11 is 0. The molecule has 2 amide bonds. The van der Waals surface area contributed by atoms with Crippen LogP contribution in [0.15, 0.2) is 29.2 Å². The summed E-state index contributed by atoms with van der Waals surface area (Å²) < 4.78 is 31.9. The van der Waals surface area contributed by atoms with E-state index in [2.05, 4.69) is 15.4 Å². The monoisotopic (exact) mass is 396 g/mol. The van der Waals surface area contributed by atoms with Crippen LogP contribution in [0.25, 0.3) is 0 Å². The molecule has 2 heterocycles. The van der Waals surface area contributed by atoms with E-state index in [1.54, 1.807) is 4.90 Å². The van der Waals surface area contributed by atoms with Crippen LogP contribution in [0.5, 0.6) is 0 Å². The molecule has 2 aliphatic rings. The summed E-state index contributed by atoms with van der Waals surface area (Å²) in [5.74, 6) is 0.0173. The molecular formula is C17H24N4O5S. The van der Waals surface area contributed by atoms with Crippen molar-refractivity contribution in [3.63, 3.8) is 0 Å². The molecule has 0 bridgehead atoms. The fraction of sp³-hybridized carbons (Fsp3) is 0.529. The number of amides is 2. The maximum atomic E-state index is 13.0. The first-order valence-corrected chi connectivity index (χ1v) is 10.3. The van der Waals surface area contributed by atoms with Gasteiger partial charge in [-0.3, -0.25) is 10.1 Å². The zero-order valence-electron chi connectivity index (χ0n) is 15.2. The van der Waals surface area contributed by atoms with Crippen LogP contribution >= 0.6 is 0 Å². The van der Waals surface area contributed by atoms with E-state index in [1.165, 1.54) is 35.7 Å². The highest BCUT2D eigenvalue weighted by Gasteiger charge is 2.35. The van der Waals surface area contributed by atoms with Crippen molar-refractivity contribution in [1.29, 1.82) is 0 Å². The number of piperazine rings is 1. The molecule has 10 heteroatoms. The maximum absolute atomic E-state index is 13.0. The molecule has 3 rings (SSSR count). The minimum absolute atomic E-state index is 0.0173. The van der Waals surface area contributed by atoms with Gasteiger partial charge in [-0.15, -0.1) is 0 Å². The van der Waals surface area contributed by atoms with Gasteiger partial charge in [0.05, 0.1) is 18.6 Å². The minimum atomic E-state index is -3.67. The van der Waals surface area contributed by atoms with E-state index in [0.717, 1.165) is 13.0 Å². The molecule has 9 nitrogen and oxygen atoms in total. The highest BCUT2D eigenvalue weighted by atomic mass is 32.2. The van der Waals surface area contributed by atoms with Gasteiger partial charge in [-0.05, 0) is 37.1 Å². The van der Waals surface area contributed by atoms with Crippen LogP contribution in [0.2, 0.25) is 0 Å². The third-order valence-electron chi connectivity index (χ3n) is 4.85. The van der Waals surface area contributed by atoms with Gasteiger partial charge < -0.3 is 15.0 Å². The quantitative estimate of drug-likeness (QED) is 0.765. The van der Waals surface area contributed by atoms with Crippen molar-refractivity contribution in [3.05, 3.63) is 24.3 Å². The lowest BCUT2D eigenvalue weighted by Crippen LogP contribution is -2.57. The number of benzene rings is 1. The Balaban J connectivity index is 1.72. The van der Waals surface area contributed by atoms with Crippen LogP contribution in [0, 0.1) is 0 Å². The molecule has 1 aromatic rings. The highest BCUT2D eigenvalue weighted by Crippen LogP contribution is 2.24. The molecule has 1 unspecified atom stereocenters. The fourth-order valence-electron chi connectivity index (χ4n) is 3.43. The van der Waals surface area contributed by atoms with Gasteiger partial charge in [0.15, 0.2) is 0 Å². The fourth-order valence-corrected chi connectivity index (χ4v) is 4.95. The number of anilines is 1. The average molecular weight is 396 g/mol. The van der Waals surface area contributed by atoms with Crippen LogP contribution in [0.1, 0.15) is 12.8 Å². The van der Waals surface area contributed by atoms with Crippen LogP contribution in [0.3, 0.4) is 0 Å². The third kappa shape index (κ3) is 4.40. The number of methoxy groups -OCH3 is 1. The predicted molar refractivity (Wildman–Crippen MR) is 98.8 cm³/mol. The van der Waals surface area contributed by atoms with Crippen LogP contribution < -0.4 is 10.6 Å². The zero-order valence-corrected chi connectivity index (χ0v) is 16.0. The van der Waals surface area contributed by atoms with E-state index in [4.69, 9.17) is 0 Å². The molecule has 148 valence electrons. The van der Waals surface area contributed by atoms with Gasteiger partial charge >= 0.3 is 6.09 Å². The molecule has 0 radical (unpaired) electrons. The lowest BCUT2D eigenvalue weighted by Gasteiger charge is -2.40. The van der Waals surface area contributed by atoms with Crippen molar-refractivity contribution in [2.24, 2.45) is 0 Å². The molecule has 1 atom stereocenters. The highest BCUT2D eigenvalue weighted by molar-refractivity contribution is 7.89. The number of rotatable bonds is 4. The van der Waals surface area contributed by atoms with Crippen molar-refractivity contribution in [3.8, 4) is 0 Å². The molecule has 0 aromatic heterocycles. The summed E-state index contributed by atoms with van der Waals surface area (Å²) in [5, 5.41) is 5.52. The molecule has 2 fully saturated rings. The second kappa shape index (κ2) is 8.24. The lowest BCUT2D eigenvalue weighted by molar-refractivity contribution is -0.135. The van der Waals surface area contributed by atoms with E-state index in [9.17, 15) is 18.0 Å². The van der Waals surface area contributed by atoms with E-state index in [0.29, 0.717) is 38.3 Å². The molecule has 0 spiro atoms. The summed E-state index contributed by atoms with van der Waals surface area (Å²) in [7, 11) is -2.41. The SMILES string of the molecule is COC(=O)Nc1ccc(S(=O)(=O)N2CCCC(N3CCNCC3=O)C2)cc1. The van der Waals surface area contributed by atoms with Gasteiger partial charge in [-0.2, -0.15) is 4.31 Å². The van der Waals surface area contributed by atoms with Gasteiger partial charge in [0.25, 0.3) is 0 Å². The topological polar surface area (TPSA) is 108 Å². The zero-order chi connectivity index (χ0) is 19.4. The molecule has 0 aliphatic carbocycles. The first kappa shape index (κ1) is 19.6. The average Bonchev–Trinajstić information content (AvgIpc) is 2.69. The molecule has 2 saturated heterocycles. The number of ether oxygens (including phenoxy) is 1. The number of carbonyl (C=O) groups excluding carboxylic acids is 2. The number of sulfonamides is 1.